The number of nitrogens with one attached hydrogen (secondary N) is 1. The number of aryl methyl sites for hydroxylation is 1. The van der Waals surface area contributed by atoms with E-state index in [0.717, 1.165) is 11.9 Å². The van der Waals surface area contributed by atoms with Crippen molar-refractivity contribution in [3.8, 4) is 0 Å². The highest BCUT2D eigenvalue weighted by atomic mass is 15.1. The van der Waals surface area contributed by atoms with E-state index in [1.165, 1.54) is 16.5 Å². The van der Waals surface area contributed by atoms with E-state index >= 15 is 0 Å². The Morgan fingerprint density at radius 1 is 1.36 bits per heavy atom. The second kappa shape index (κ2) is 3.45. The predicted octanol–water partition coefficient (Wildman–Crippen LogP) is 3.25. The van der Waals surface area contributed by atoms with Gasteiger partial charge < -0.3 is 0 Å². The second-order valence-electron chi connectivity index (χ2n) is 4.02. The lowest BCUT2D eigenvalue weighted by molar-refractivity contribution is 0.847. The van der Waals surface area contributed by atoms with Gasteiger partial charge in [-0.15, -0.1) is 0 Å². The van der Waals surface area contributed by atoms with E-state index in [2.05, 4.69) is 43.1 Å². The van der Waals surface area contributed by atoms with E-state index in [-0.39, 0.29) is 0 Å². The number of aromatic amines is 1. The van der Waals surface area contributed by atoms with Gasteiger partial charge in [0, 0.05) is 5.39 Å². The van der Waals surface area contributed by atoms with Crippen molar-refractivity contribution in [1.29, 1.82) is 0 Å². The van der Waals surface area contributed by atoms with Crippen molar-refractivity contribution >= 4 is 10.9 Å². The van der Waals surface area contributed by atoms with Gasteiger partial charge in [0.25, 0.3) is 0 Å². The molecule has 1 N–H and O–H groups in total. The minimum Gasteiger partial charge on any atom is -0.278 e. The van der Waals surface area contributed by atoms with Gasteiger partial charge in [0.05, 0.1) is 11.7 Å². The normalized spacial score (nSPS) is 11.4. The molecule has 0 aliphatic carbocycles. The summed E-state index contributed by atoms with van der Waals surface area (Å²) in [5, 5.41) is 8.28. The Morgan fingerprint density at radius 3 is 2.79 bits per heavy atom. The molecule has 2 aromatic rings. The fraction of sp³-hybridized carbons (Fsp3) is 0.417. The Labute approximate surface area is 84.3 Å². The number of aromatic nitrogens is 2. The van der Waals surface area contributed by atoms with Crippen LogP contribution < -0.4 is 0 Å². The molecule has 1 heterocycles. The van der Waals surface area contributed by atoms with E-state index < -0.39 is 0 Å². The summed E-state index contributed by atoms with van der Waals surface area (Å²) in [5.74, 6) is 0.587. The van der Waals surface area contributed by atoms with Crippen LogP contribution in [0.25, 0.3) is 10.9 Å². The lowest BCUT2D eigenvalue weighted by Gasteiger charge is -2.11. The molecule has 0 aliphatic heterocycles. The molecular formula is C12H16N2. The van der Waals surface area contributed by atoms with Crippen LogP contribution in [0, 0.1) is 0 Å². The lowest BCUT2D eigenvalue weighted by Crippen LogP contribution is -1.94. The molecule has 0 saturated heterocycles. The van der Waals surface area contributed by atoms with Crippen LogP contribution in [0.3, 0.4) is 0 Å². The first kappa shape index (κ1) is 9.25. The van der Waals surface area contributed by atoms with Crippen LogP contribution in [0.2, 0.25) is 0 Å². The Morgan fingerprint density at radius 2 is 2.14 bits per heavy atom. The smallest absolute Gasteiger partial charge is 0.0653 e. The zero-order chi connectivity index (χ0) is 10.1. The monoisotopic (exact) mass is 188 g/mol. The Bertz CT molecular complexity index is 441. The van der Waals surface area contributed by atoms with Crippen LogP contribution in [0.5, 0.6) is 0 Å². The number of H-pyrrole nitrogens is 1. The maximum absolute atomic E-state index is 4.05. The molecule has 0 atom stereocenters. The maximum Gasteiger partial charge on any atom is 0.0653 e. The van der Waals surface area contributed by atoms with Gasteiger partial charge in [-0.25, -0.2) is 0 Å². The lowest BCUT2D eigenvalue weighted by atomic mass is 9.94. The van der Waals surface area contributed by atoms with Crippen LogP contribution in [-0.4, -0.2) is 10.2 Å². The average Bonchev–Trinajstić information content (AvgIpc) is 2.62. The molecular weight excluding hydrogens is 172 g/mol. The number of benzene rings is 1. The van der Waals surface area contributed by atoms with Crippen LogP contribution >= 0.6 is 0 Å². The molecule has 0 amide bonds. The molecule has 0 bridgehead atoms. The van der Waals surface area contributed by atoms with Crippen molar-refractivity contribution in [2.75, 3.05) is 0 Å². The number of rotatable bonds is 2. The van der Waals surface area contributed by atoms with E-state index in [1.807, 2.05) is 6.20 Å². The van der Waals surface area contributed by atoms with Gasteiger partial charge in [-0.3, -0.25) is 5.10 Å². The Hall–Kier alpha value is -1.31. The summed E-state index contributed by atoms with van der Waals surface area (Å²) in [6, 6.07) is 4.47. The molecule has 0 fully saturated rings. The predicted molar refractivity (Wildman–Crippen MR) is 59.6 cm³/mol. The van der Waals surface area contributed by atoms with Crippen molar-refractivity contribution in [2.24, 2.45) is 0 Å². The van der Waals surface area contributed by atoms with Crippen molar-refractivity contribution < 1.29 is 0 Å². The summed E-state index contributed by atoms with van der Waals surface area (Å²) < 4.78 is 0. The summed E-state index contributed by atoms with van der Waals surface area (Å²) in [5.41, 5.74) is 4.02. The second-order valence-corrected chi connectivity index (χ2v) is 4.02. The highest BCUT2D eigenvalue weighted by Crippen LogP contribution is 2.24. The third-order valence-electron chi connectivity index (χ3n) is 2.70. The fourth-order valence-electron chi connectivity index (χ4n) is 1.90. The molecule has 0 unspecified atom stereocenters. The van der Waals surface area contributed by atoms with Gasteiger partial charge in [-0.05, 0) is 35.6 Å². The molecule has 0 aliphatic rings. The van der Waals surface area contributed by atoms with Gasteiger partial charge in [0.2, 0.25) is 0 Å². The van der Waals surface area contributed by atoms with Crippen molar-refractivity contribution in [3.05, 3.63) is 29.5 Å². The summed E-state index contributed by atoms with van der Waals surface area (Å²) in [7, 11) is 0. The van der Waals surface area contributed by atoms with Gasteiger partial charge in [-0.2, -0.15) is 5.10 Å². The van der Waals surface area contributed by atoms with Crippen molar-refractivity contribution in [3.63, 3.8) is 0 Å². The van der Waals surface area contributed by atoms with Crippen LogP contribution in [0.15, 0.2) is 18.3 Å². The molecule has 14 heavy (non-hydrogen) atoms. The minimum absolute atomic E-state index is 0.587. The molecule has 2 rings (SSSR count). The SMILES string of the molecule is CCc1cc2[nH]ncc2cc1C(C)C. The zero-order valence-electron chi connectivity index (χ0n) is 8.96. The molecule has 0 radical (unpaired) electrons. The average molecular weight is 188 g/mol. The van der Waals surface area contributed by atoms with Crippen LogP contribution in [0.1, 0.15) is 37.8 Å². The van der Waals surface area contributed by atoms with Gasteiger partial charge in [0.15, 0.2) is 0 Å². The summed E-state index contributed by atoms with van der Waals surface area (Å²) in [6.45, 7) is 6.67. The number of hydrogen-bond acceptors (Lipinski definition) is 1. The summed E-state index contributed by atoms with van der Waals surface area (Å²) >= 11 is 0. The Kier molecular flexibility index (Phi) is 2.28. The van der Waals surface area contributed by atoms with E-state index in [4.69, 9.17) is 0 Å². The van der Waals surface area contributed by atoms with Crippen molar-refractivity contribution in [2.45, 2.75) is 33.1 Å². The third kappa shape index (κ3) is 1.41. The van der Waals surface area contributed by atoms with Crippen LogP contribution in [-0.2, 0) is 6.42 Å². The fourth-order valence-corrected chi connectivity index (χ4v) is 1.90. The molecule has 74 valence electrons. The minimum atomic E-state index is 0.587. The highest BCUT2D eigenvalue weighted by Gasteiger charge is 2.07. The first-order valence-corrected chi connectivity index (χ1v) is 5.18. The highest BCUT2D eigenvalue weighted by molar-refractivity contribution is 5.79. The summed E-state index contributed by atoms with van der Waals surface area (Å²) in [6.07, 6.45) is 2.98. The number of fused-ring (bicyclic) bond motifs is 1. The quantitative estimate of drug-likeness (QED) is 0.770. The number of nitrogens with zero attached hydrogens (tertiary/aromatic N) is 1. The Balaban J connectivity index is 2.66. The summed E-state index contributed by atoms with van der Waals surface area (Å²) in [4.78, 5) is 0. The van der Waals surface area contributed by atoms with E-state index in [0.29, 0.717) is 5.92 Å². The molecule has 2 heteroatoms. The van der Waals surface area contributed by atoms with Crippen LogP contribution in [0.4, 0.5) is 0 Å². The topological polar surface area (TPSA) is 28.7 Å². The zero-order valence-corrected chi connectivity index (χ0v) is 8.96. The van der Waals surface area contributed by atoms with Gasteiger partial charge in [-0.1, -0.05) is 20.8 Å². The van der Waals surface area contributed by atoms with Crippen molar-refractivity contribution in [1.82, 2.24) is 10.2 Å². The first-order chi connectivity index (χ1) is 6.72. The standard InChI is InChI=1S/C12H16N2/c1-4-9-6-12-10(7-13-14-12)5-11(9)8(2)3/h5-8H,4H2,1-3H3,(H,13,14). The van der Waals surface area contributed by atoms with Gasteiger partial charge in [0.1, 0.15) is 0 Å². The molecule has 0 saturated carbocycles. The molecule has 1 aromatic heterocycles. The third-order valence-corrected chi connectivity index (χ3v) is 2.70. The molecule has 1 aromatic carbocycles. The largest absolute Gasteiger partial charge is 0.278 e. The first-order valence-electron chi connectivity index (χ1n) is 5.18. The molecule has 0 spiro atoms. The van der Waals surface area contributed by atoms with E-state index in [1.54, 1.807) is 0 Å². The van der Waals surface area contributed by atoms with Gasteiger partial charge >= 0.3 is 0 Å². The maximum atomic E-state index is 4.05. The number of hydrogen-bond donors (Lipinski definition) is 1. The molecule has 2 nitrogen and oxygen atoms in total. The van der Waals surface area contributed by atoms with E-state index in [9.17, 15) is 0 Å².